The summed E-state index contributed by atoms with van der Waals surface area (Å²) in [5.41, 5.74) is 10.2. The van der Waals surface area contributed by atoms with Crippen molar-refractivity contribution in [2.45, 2.75) is 26.2 Å². The predicted octanol–water partition coefficient (Wildman–Crippen LogP) is 2.29. The van der Waals surface area contributed by atoms with Gasteiger partial charge < -0.3 is 19.1 Å². The number of aliphatic imine (C=N–C) groups is 1. The minimum absolute atomic E-state index is 0.0137. The van der Waals surface area contributed by atoms with Gasteiger partial charge in [0.2, 0.25) is 21.8 Å². The van der Waals surface area contributed by atoms with E-state index in [1.54, 1.807) is 12.3 Å². The number of hydrazine groups is 1. The SMILES string of the molecule is CC1(C)Oc2ccc(C=NNc3cc(N4CCOCC4)nc(CN=C(NNc4ccccc4)NS(C)(=O)=O)n3)cc2O1. The van der Waals surface area contributed by atoms with Crippen molar-refractivity contribution in [3.05, 3.63) is 66.0 Å². The second kappa shape index (κ2) is 12.5. The van der Waals surface area contributed by atoms with Crippen molar-refractivity contribution in [3.63, 3.8) is 0 Å². The van der Waals surface area contributed by atoms with Gasteiger partial charge in [0.25, 0.3) is 0 Å². The van der Waals surface area contributed by atoms with E-state index in [1.807, 2.05) is 62.4 Å². The average molecular weight is 596 g/mol. The molecular formula is C27H33N9O5S. The number of hydrogen-bond donors (Lipinski definition) is 4. The molecule has 1 fully saturated rings. The molecule has 0 spiro atoms. The Balaban J connectivity index is 1.34. The van der Waals surface area contributed by atoms with Crippen molar-refractivity contribution in [2.24, 2.45) is 10.1 Å². The number of benzene rings is 2. The summed E-state index contributed by atoms with van der Waals surface area (Å²) in [6, 6.07) is 16.6. The number of guanidine groups is 1. The Bertz CT molecular complexity index is 1560. The summed E-state index contributed by atoms with van der Waals surface area (Å²) in [5, 5.41) is 4.35. The lowest BCUT2D eigenvalue weighted by Crippen LogP contribution is -2.43. The molecule has 0 saturated carbocycles. The Morgan fingerprint density at radius 1 is 1.05 bits per heavy atom. The van der Waals surface area contributed by atoms with Gasteiger partial charge >= 0.3 is 0 Å². The molecule has 4 N–H and O–H groups in total. The van der Waals surface area contributed by atoms with E-state index in [0.717, 1.165) is 17.5 Å². The van der Waals surface area contributed by atoms with Gasteiger partial charge in [-0.05, 0) is 35.9 Å². The molecule has 0 radical (unpaired) electrons. The highest BCUT2D eigenvalue weighted by Gasteiger charge is 2.31. The van der Waals surface area contributed by atoms with E-state index in [9.17, 15) is 8.42 Å². The zero-order valence-electron chi connectivity index (χ0n) is 23.5. The molecule has 5 rings (SSSR count). The largest absolute Gasteiger partial charge is 0.449 e. The monoisotopic (exact) mass is 595 g/mol. The number of rotatable bonds is 9. The van der Waals surface area contributed by atoms with Crippen LogP contribution in [0.2, 0.25) is 0 Å². The van der Waals surface area contributed by atoms with E-state index in [-0.39, 0.29) is 12.5 Å². The second-order valence-corrected chi connectivity index (χ2v) is 11.7. The lowest BCUT2D eigenvalue weighted by molar-refractivity contribution is -0.0431. The minimum Gasteiger partial charge on any atom is -0.449 e. The zero-order valence-corrected chi connectivity index (χ0v) is 24.3. The normalized spacial score (nSPS) is 16.4. The van der Waals surface area contributed by atoms with Gasteiger partial charge in [-0.1, -0.05) is 18.2 Å². The van der Waals surface area contributed by atoms with Crippen molar-refractivity contribution in [1.29, 1.82) is 0 Å². The third-order valence-corrected chi connectivity index (χ3v) is 6.49. The van der Waals surface area contributed by atoms with E-state index in [1.165, 1.54) is 0 Å². The summed E-state index contributed by atoms with van der Waals surface area (Å²) in [6.07, 6.45) is 2.69. The molecule has 0 unspecified atom stereocenters. The van der Waals surface area contributed by atoms with Crippen LogP contribution in [0.5, 0.6) is 11.5 Å². The number of para-hydroxylation sites is 1. The maximum Gasteiger partial charge on any atom is 0.246 e. The Hall–Kier alpha value is -4.63. The summed E-state index contributed by atoms with van der Waals surface area (Å²) < 4.78 is 43.3. The van der Waals surface area contributed by atoms with Crippen LogP contribution in [0, 0.1) is 0 Å². The van der Waals surface area contributed by atoms with Crippen molar-refractivity contribution < 1.29 is 22.6 Å². The van der Waals surface area contributed by atoms with E-state index in [4.69, 9.17) is 14.2 Å². The van der Waals surface area contributed by atoms with Crippen LogP contribution in [-0.4, -0.2) is 68.9 Å². The van der Waals surface area contributed by atoms with Gasteiger partial charge in [-0.15, -0.1) is 0 Å². The third-order valence-electron chi connectivity index (χ3n) is 5.93. The quantitative estimate of drug-likeness (QED) is 0.163. The summed E-state index contributed by atoms with van der Waals surface area (Å²) in [7, 11) is -3.61. The van der Waals surface area contributed by atoms with Crippen LogP contribution in [0.1, 0.15) is 25.2 Å². The van der Waals surface area contributed by atoms with Crippen molar-refractivity contribution in [3.8, 4) is 11.5 Å². The van der Waals surface area contributed by atoms with Crippen molar-refractivity contribution >= 4 is 39.5 Å². The molecule has 1 saturated heterocycles. The van der Waals surface area contributed by atoms with Crippen LogP contribution in [0.4, 0.5) is 17.3 Å². The lowest BCUT2D eigenvalue weighted by Gasteiger charge is -2.28. The molecule has 1 aromatic heterocycles. The standard InChI is InChI=1S/C27H33N9O5S/c1-27(2)40-21-10-9-19(15-22(21)41-27)17-29-33-23-16-25(36-11-13-39-14-12-36)31-24(30-23)18-28-26(35-42(3,37)38)34-32-20-7-5-4-6-8-20/h4-10,15-17,32H,11-14,18H2,1-3H3,(H2,28,34,35)(H,30,31,33). The average Bonchev–Trinajstić information content (AvgIpc) is 3.28. The molecule has 2 aliphatic rings. The van der Waals surface area contributed by atoms with Crippen LogP contribution < -0.4 is 35.4 Å². The van der Waals surface area contributed by atoms with Crippen LogP contribution >= 0.6 is 0 Å². The van der Waals surface area contributed by atoms with Crippen molar-refractivity contribution in [2.75, 3.05) is 48.3 Å². The Kier molecular flexibility index (Phi) is 8.59. The Morgan fingerprint density at radius 3 is 2.57 bits per heavy atom. The zero-order chi connectivity index (χ0) is 29.6. The van der Waals surface area contributed by atoms with Gasteiger partial charge in [0.15, 0.2) is 23.1 Å². The topological polar surface area (TPSA) is 164 Å². The predicted molar refractivity (Wildman–Crippen MR) is 160 cm³/mol. The second-order valence-electron chi connectivity index (χ2n) is 9.96. The van der Waals surface area contributed by atoms with Gasteiger partial charge in [0.1, 0.15) is 12.4 Å². The number of nitrogens with zero attached hydrogens (tertiary/aromatic N) is 5. The first kappa shape index (κ1) is 28.9. The number of ether oxygens (including phenoxy) is 3. The van der Waals surface area contributed by atoms with Gasteiger partial charge in [-0.3, -0.25) is 21.0 Å². The van der Waals surface area contributed by atoms with Gasteiger partial charge in [-0.2, -0.15) is 5.10 Å². The number of nitrogens with one attached hydrogen (secondary N) is 4. The number of fused-ring (bicyclic) bond motifs is 1. The maximum atomic E-state index is 12.0. The maximum absolute atomic E-state index is 12.0. The molecule has 14 nitrogen and oxygen atoms in total. The molecule has 0 bridgehead atoms. The molecule has 3 aromatic rings. The fourth-order valence-corrected chi connectivity index (χ4v) is 4.60. The van der Waals surface area contributed by atoms with Crippen LogP contribution in [-0.2, 0) is 21.3 Å². The fourth-order valence-electron chi connectivity index (χ4n) is 4.13. The Labute approximate surface area is 244 Å². The van der Waals surface area contributed by atoms with E-state index >= 15 is 0 Å². The Morgan fingerprint density at radius 2 is 1.81 bits per heavy atom. The first-order chi connectivity index (χ1) is 20.1. The van der Waals surface area contributed by atoms with E-state index < -0.39 is 15.8 Å². The number of morpholine rings is 1. The summed E-state index contributed by atoms with van der Waals surface area (Å²) in [6.45, 7) is 6.17. The molecule has 0 aliphatic carbocycles. The number of hydrazone groups is 1. The smallest absolute Gasteiger partial charge is 0.246 e. The molecule has 3 heterocycles. The number of sulfonamides is 1. The molecular weight excluding hydrogens is 562 g/mol. The first-order valence-electron chi connectivity index (χ1n) is 13.2. The molecule has 222 valence electrons. The summed E-state index contributed by atoms with van der Waals surface area (Å²) >= 11 is 0. The van der Waals surface area contributed by atoms with Gasteiger partial charge in [-0.25, -0.2) is 23.4 Å². The van der Waals surface area contributed by atoms with E-state index in [2.05, 4.69) is 46.0 Å². The number of hydrogen-bond acceptors (Lipinski definition) is 12. The number of anilines is 3. The highest BCUT2D eigenvalue weighted by atomic mass is 32.2. The molecule has 0 amide bonds. The van der Waals surface area contributed by atoms with Crippen molar-refractivity contribution in [1.82, 2.24) is 20.1 Å². The van der Waals surface area contributed by atoms with Crippen LogP contribution in [0.3, 0.4) is 0 Å². The highest BCUT2D eigenvalue weighted by molar-refractivity contribution is 7.89. The van der Waals surface area contributed by atoms with Gasteiger partial charge in [0.05, 0.1) is 31.4 Å². The summed E-state index contributed by atoms with van der Waals surface area (Å²) in [4.78, 5) is 15.7. The molecule has 2 aliphatic heterocycles. The molecule has 15 heteroatoms. The van der Waals surface area contributed by atoms with Gasteiger partial charge in [0, 0.05) is 33.0 Å². The third kappa shape index (κ3) is 8.20. The molecule has 2 aromatic carbocycles. The molecule has 0 atom stereocenters. The first-order valence-corrected chi connectivity index (χ1v) is 15.1. The highest BCUT2D eigenvalue weighted by Crippen LogP contribution is 2.39. The summed E-state index contributed by atoms with van der Waals surface area (Å²) in [5.74, 6) is 2.08. The fraction of sp³-hybridized carbons (Fsp3) is 0.333. The number of aromatic nitrogens is 2. The van der Waals surface area contributed by atoms with E-state index in [0.29, 0.717) is 55.3 Å². The van der Waals surface area contributed by atoms with Crippen LogP contribution in [0.15, 0.2) is 64.7 Å². The lowest BCUT2D eigenvalue weighted by atomic mass is 10.2. The molecule has 42 heavy (non-hydrogen) atoms. The minimum atomic E-state index is -3.61. The van der Waals surface area contributed by atoms with Crippen LogP contribution in [0.25, 0.3) is 0 Å².